The van der Waals surface area contributed by atoms with Crippen molar-refractivity contribution in [1.82, 2.24) is 0 Å². The highest BCUT2D eigenvalue weighted by atomic mass is 14.1. The molecule has 22 heavy (non-hydrogen) atoms. The number of benzene rings is 2. The molecular weight excluding hydrogens is 264 g/mol. The van der Waals surface area contributed by atoms with Crippen molar-refractivity contribution in [2.24, 2.45) is 0 Å². The van der Waals surface area contributed by atoms with E-state index in [1.54, 1.807) is 0 Å². The number of hydrogen-bond donors (Lipinski definition) is 0. The second-order valence-electron chi connectivity index (χ2n) is 6.58. The first-order chi connectivity index (χ1) is 10.6. The molecule has 0 radical (unpaired) electrons. The van der Waals surface area contributed by atoms with E-state index in [0.29, 0.717) is 5.92 Å². The van der Waals surface area contributed by atoms with Gasteiger partial charge < -0.3 is 0 Å². The van der Waals surface area contributed by atoms with Crippen LogP contribution in [0.5, 0.6) is 0 Å². The molecule has 0 aliphatic rings. The molecule has 0 heterocycles. The van der Waals surface area contributed by atoms with Crippen LogP contribution in [0.15, 0.2) is 65.8 Å². The molecule has 2 aromatic carbocycles. The van der Waals surface area contributed by atoms with Crippen LogP contribution < -0.4 is 0 Å². The summed E-state index contributed by atoms with van der Waals surface area (Å²) in [7, 11) is 0. The van der Waals surface area contributed by atoms with Crippen LogP contribution in [0.25, 0.3) is 10.8 Å². The number of rotatable bonds is 6. The lowest BCUT2D eigenvalue weighted by molar-refractivity contribution is 0.777. The SMILES string of the molecule is CC(C)=CCC/C(C)=C/CC(C)c1cccc2ccccc12. The maximum absolute atomic E-state index is 2.42. The average Bonchev–Trinajstić information content (AvgIpc) is 2.51. The maximum Gasteiger partial charge on any atom is -0.0149 e. The van der Waals surface area contributed by atoms with Gasteiger partial charge in [0.25, 0.3) is 0 Å². The van der Waals surface area contributed by atoms with Gasteiger partial charge in [-0.25, -0.2) is 0 Å². The summed E-state index contributed by atoms with van der Waals surface area (Å²) in [5, 5.41) is 2.74. The Morgan fingerprint density at radius 2 is 1.68 bits per heavy atom. The zero-order valence-electron chi connectivity index (χ0n) is 14.4. The molecule has 116 valence electrons. The molecule has 0 aliphatic heterocycles. The summed E-state index contributed by atoms with van der Waals surface area (Å²) in [5.41, 5.74) is 4.38. The molecular formula is C22H28. The normalized spacial score (nSPS) is 13.2. The highest BCUT2D eigenvalue weighted by molar-refractivity contribution is 5.86. The fourth-order valence-electron chi connectivity index (χ4n) is 2.88. The standard InChI is InChI=1S/C22H28/c1-17(2)9-7-10-18(3)15-16-19(4)21-14-8-12-20-11-5-6-13-22(20)21/h5-6,8-9,11-15,19H,7,10,16H2,1-4H3/b18-15+. The second-order valence-corrected chi connectivity index (χ2v) is 6.58. The minimum atomic E-state index is 0.560. The molecule has 0 nitrogen and oxygen atoms in total. The van der Waals surface area contributed by atoms with E-state index in [1.807, 2.05) is 0 Å². The Labute approximate surface area is 135 Å². The molecule has 0 amide bonds. The van der Waals surface area contributed by atoms with Crippen molar-refractivity contribution < 1.29 is 0 Å². The van der Waals surface area contributed by atoms with E-state index in [-0.39, 0.29) is 0 Å². The van der Waals surface area contributed by atoms with Gasteiger partial charge in [0.15, 0.2) is 0 Å². The van der Waals surface area contributed by atoms with Crippen molar-refractivity contribution in [3.8, 4) is 0 Å². The molecule has 0 aliphatic carbocycles. The van der Waals surface area contributed by atoms with Crippen LogP contribution >= 0.6 is 0 Å². The first-order valence-electron chi connectivity index (χ1n) is 8.34. The molecule has 0 aromatic heterocycles. The van der Waals surface area contributed by atoms with E-state index in [1.165, 1.54) is 33.9 Å². The van der Waals surface area contributed by atoms with Crippen molar-refractivity contribution in [3.05, 3.63) is 71.3 Å². The number of fused-ring (bicyclic) bond motifs is 1. The molecule has 1 atom stereocenters. The minimum Gasteiger partial charge on any atom is -0.0856 e. The third-order valence-corrected chi connectivity index (χ3v) is 4.27. The molecule has 0 saturated carbocycles. The second kappa shape index (κ2) is 7.98. The fourth-order valence-corrected chi connectivity index (χ4v) is 2.88. The average molecular weight is 292 g/mol. The van der Waals surface area contributed by atoms with Gasteiger partial charge in [0.05, 0.1) is 0 Å². The van der Waals surface area contributed by atoms with Crippen LogP contribution in [0.2, 0.25) is 0 Å². The van der Waals surface area contributed by atoms with E-state index in [9.17, 15) is 0 Å². The molecule has 0 heteroatoms. The van der Waals surface area contributed by atoms with Crippen molar-refractivity contribution in [2.75, 3.05) is 0 Å². The number of allylic oxidation sites excluding steroid dienone is 4. The summed E-state index contributed by atoms with van der Waals surface area (Å²) in [6, 6.07) is 15.4. The van der Waals surface area contributed by atoms with Gasteiger partial charge in [0.1, 0.15) is 0 Å². The molecule has 0 bridgehead atoms. The predicted octanol–water partition coefficient (Wildman–Crippen LogP) is 7.03. The lowest BCUT2D eigenvalue weighted by Crippen LogP contribution is -1.94. The van der Waals surface area contributed by atoms with Crippen LogP contribution in [0.3, 0.4) is 0 Å². The summed E-state index contributed by atoms with van der Waals surface area (Å²) < 4.78 is 0. The summed E-state index contributed by atoms with van der Waals surface area (Å²) in [6.45, 7) is 8.93. The molecule has 0 N–H and O–H groups in total. The molecule has 2 rings (SSSR count). The molecule has 0 fully saturated rings. The van der Waals surface area contributed by atoms with Crippen molar-refractivity contribution >= 4 is 10.8 Å². The van der Waals surface area contributed by atoms with Crippen LogP contribution in [0, 0.1) is 0 Å². The monoisotopic (exact) mass is 292 g/mol. The van der Waals surface area contributed by atoms with Crippen LogP contribution in [0.1, 0.15) is 58.4 Å². The lowest BCUT2D eigenvalue weighted by atomic mass is 9.91. The third-order valence-electron chi connectivity index (χ3n) is 4.27. The Bertz CT molecular complexity index is 664. The first kappa shape index (κ1) is 16.5. The summed E-state index contributed by atoms with van der Waals surface area (Å²) >= 11 is 0. The zero-order chi connectivity index (χ0) is 15.9. The Morgan fingerprint density at radius 1 is 0.955 bits per heavy atom. The van der Waals surface area contributed by atoms with Gasteiger partial charge in [-0.15, -0.1) is 0 Å². The van der Waals surface area contributed by atoms with E-state index in [4.69, 9.17) is 0 Å². The van der Waals surface area contributed by atoms with Gasteiger partial charge in [-0.1, -0.05) is 72.7 Å². The summed E-state index contributed by atoms with van der Waals surface area (Å²) in [6.07, 6.45) is 8.20. The summed E-state index contributed by atoms with van der Waals surface area (Å²) in [4.78, 5) is 0. The van der Waals surface area contributed by atoms with E-state index in [2.05, 4.69) is 82.3 Å². The predicted molar refractivity (Wildman–Crippen MR) is 99.4 cm³/mol. The Hall–Kier alpha value is -1.82. The Morgan fingerprint density at radius 3 is 2.45 bits per heavy atom. The number of hydrogen-bond acceptors (Lipinski definition) is 0. The molecule has 1 unspecified atom stereocenters. The van der Waals surface area contributed by atoms with Gasteiger partial charge in [-0.2, -0.15) is 0 Å². The van der Waals surface area contributed by atoms with Gasteiger partial charge in [-0.05, 0) is 62.3 Å². The van der Waals surface area contributed by atoms with Gasteiger partial charge >= 0.3 is 0 Å². The van der Waals surface area contributed by atoms with E-state index < -0.39 is 0 Å². The Kier molecular flexibility index (Phi) is 6.00. The first-order valence-corrected chi connectivity index (χ1v) is 8.34. The minimum absolute atomic E-state index is 0.560. The van der Waals surface area contributed by atoms with Crippen molar-refractivity contribution in [3.63, 3.8) is 0 Å². The third kappa shape index (κ3) is 4.59. The van der Waals surface area contributed by atoms with Crippen LogP contribution in [-0.2, 0) is 0 Å². The topological polar surface area (TPSA) is 0 Å². The molecule has 2 aromatic rings. The van der Waals surface area contributed by atoms with Crippen LogP contribution in [0.4, 0.5) is 0 Å². The summed E-state index contributed by atoms with van der Waals surface area (Å²) in [5.74, 6) is 0.560. The molecule has 0 saturated heterocycles. The largest absolute Gasteiger partial charge is 0.0856 e. The van der Waals surface area contributed by atoms with Crippen molar-refractivity contribution in [1.29, 1.82) is 0 Å². The van der Waals surface area contributed by atoms with Gasteiger partial charge in [0.2, 0.25) is 0 Å². The quantitative estimate of drug-likeness (QED) is 0.501. The van der Waals surface area contributed by atoms with E-state index in [0.717, 1.165) is 12.8 Å². The fraction of sp³-hybridized carbons (Fsp3) is 0.364. The van der Waals surface area contributed by atoms with Gasteiger partial charge in [0, 0.05) is 0 Å². The van der Waals surface area contributed by atoms with Crippen molar-refractivity contribution in [2.45, 2.75) is 52.9 Å². The maximum atomic E-state index is 2.42. The zero-order valence-corrected chi connectivity index (χ0v) is 14.4. The van der Waals surface area contributed by atoms with Gasteiger partial charge in [-0.3, -0.25) is 0 Å². The smallest absolute Gasteiger partial charge is 0.0149 e. The van der Waals surface area contributed by atoms with Crippen LogP contribution in [-0.4, -0.2) is 0 Å². The highest BCUT2D eigenvalue weighted by Crippen LogP contribution is 2.28. The highest BCUT2D eigenvalue weighted by Gasteiger charge is 2.07. The lowest BCUT2D eigenvalue weighted by Gasteiger charge is -2.13. The molecule has 0 spiro atoms. The van der Waals surface area contributed by atoms with E-state index >= 15 is 0 Å². The Balaban J connectivity index is 2.05.